The van der Waals surface area contributed by atoms with Crippen LogP contribution in [0.5, 0.6) is 0 Å². The third-order valence-electron chi connectivity index (χ3n) is 3.21. The molecule has 0 aromatic heterocycles. The summed E-state index contributed by atoms with van der Waals surface area (Å²) in [5, 5.41) is 8.76. The van der Waals surface area contributed by atoms with Crippen molar-refractivity contribution >= 4 is 5.69 Å². The Bertz CT molecular complexity index is 394. The number of nitrogens with zero attached hydrogens (tertiary/aromatic N) is 2. The highest BCUT2D eigenvalue weighted by Crippen LogP contribution is 2.23. The van der Waals surface area contributed by atoms with Crippen molar-refractivity contribution in [1.82, 2.24) is 0 Å². The van der Waals surface area contributed by atoms with E-state index in [1.54, 1.807) is 0 Å². The average molecular weight is 231 g/mol. The number of nitrogens with two attached hydrogens (primary N) is 1. The molecule has 1 unspecified atom stereocenters. The Labute approximate surface area is 102 Å². The second-order valence-corrected chi connectivity index (χ2v) is 4.45. The van der Waals surface area contributed by atoms with Crippen LogP contribution in [0.2, 0.25) is 0 Å². The van der Waals surface area contributed by atoms with Crippen LogP contribution in [0.15, 0.2) is 24.3 Å². The summed E-state index contributed by atoms with van der Waals surface area (Å²) in [5.41, 5.74) is 1.87. The van der Waals surface area contributed by atoms with Gasteiger partial charge in [-0.05, 0) is 37.1 Å². The van der Waals surface area contributed by atoms with Crippen LogP contribution in [0, 0.1) is 17.2 Å². The summed E-state index contributed by atoms with van der Waals surface area (Å²) in [6.45, 7) is 2.66. The van der Waals surface area contributed by atoms with E-state index >= 15 is 0 Å². The first-order valence-electron chi connectivity index (χ1n) is 5.90. The fourth-order valence-corrected chi connectivity index (χ4v) is 2.32. The second kappa shape index (κ2) is 5.67. The number of hydrogen-bond donors (Lipinski definition) is 1. The van der Waals surface area contributed by atoms with Crippen molar-refractivity contribution in [3.05, 3.63) is 29.8 Å². The van der Waals surface area contributed by atoms with Gasteiger partial charge in [-0.2, -0.15) is 5.26 Å². The van der Waals surface area contributed by atoms with Gasteiger partial charge < -0.3 is 9.74 Å². The minimum atomic E-state index is 0.504. The fraction of sp³-hybridized carbons (Fsp3) is 0.462. The molecule has 0 spiro atoms. The van der Waals surface area contributed by atoms with Crippen LogP contribution >= 0.6 is 0 Å². The molecule has 4 heteroatoms. The standard InChI is InChI=1S/C13H17N3O/c14-8-11-3-5-13(6-4-11)16-7-1-2-12(9-16)10-17-15/h3-6,12H,1-2,7,9-10,15H2. The van der Waals surface area contributed by atoms with Crippen molar-refractivity contribution in [2.45, 2.75) is 12.8 Å². The maximum atomic E-state index is 8.76. The van der Waals surface area contributed by atoms with Crippen LogP contribution in [-0.2, 0) is 4.84 Å². The van der Waals surface area contributed by atoms with Crippen LogP contribution in [0.1, 0.15) is 18.4 Å². The van der Waals surface area contributed by atoms with Gasteiger partial charge in [-0.25, -0.2) is 5.90 Å². The zero-order valence-corrected chi connectivity index (χ0v) is 9.80. The van der Waals surface area contributed by atoms with Gasteiger partial charge in [0, 0.05) is 24.7 Å². The molecule has 0 radical (unpaired) electrons. The zero-order chi connectivity index (χ0) is 12.1. The highest BCUT2D eigenvalue weighted by molar-refractivity contribution is 5.50. The number of hydrogen-bond acceptors (Lipinski definition) is 4. The molecule has 1 saturated heterocycles. The monoisotopic (exact) mass is 231 g/mol. The molecule has 1 aromatic carbocycles. The molecule has 17 heavy (non-hydrogen) atoms. The van der Waals surface area contributed by atoms with E-state index in [-0.39, 0.29) is 0 Å². The van der Waals surface area contributed by atoms with Gasteiger partial charge in [-0.3, -0.25) is 0 Å². The van der Waals surface area contributed by atoms with Gasteiger partial charge in [0.2, 0.25) is 0 Å². The molecule has 1 aliphatic heterocycles. The van der Waals surface area contributed by atoms with Gasteiger partial charge >= 0.3 is 0 Å². The van der Waals surface area contributed by atoms with E-state index in [0.717, 1.165) is 19.5 Å². The molecule has 2 N–H and O–H groups in total. The van der Waals surface area contributed by atoms with Gasteiger partial charge in [-0.1, -0.05) is 0 Å². The Morgan fingerprint density at radius 2 is 2.18 bits per heavy atom. The molecule has 0 saturated carbocycles. The maximum Gasteiger partial charge on any atom is 0.0991 e. The number of benzene rings is 1. The molecule has 1 heterocycles. The number of rotatable bonds is 3. The van der Waals surface area contributed by atoms with E-state index in [9.17, 15) is 0 Å². The van der Waals surface area contributed by atoms with Crippen molar-refractivity contribution in [3.8, 4) is 6.07 Å². The van der Waals surface area contributed by atoms with Crippen molar-refractivity contribution in [2.24, 2.45) is 11.8 Å². The topological polar surface area (TPSA) is 62.3 Å². The lowest BCUT2D eigenvalue weighted by Gasteiger charge is -2.34. The predicted molar refractivity (Wildman–Crippen MR) is 66.2 cm³/mol. The van der Waals surface area contributed by atoms with Crippen molar-refractivity contribution < 1.29 is 4.84 Å². The Kier molecular flexibility index (Phi) is 3.97. The largest absolute Gasteiger partial charge is 0.371 e. The van der Waals surface area contributed by atoms with Crippen LogP contribution in [0.4, 0.5) is 5.69 Å². The Hall–Kier alpha value is -1.57. The summed E-state index contributed by atoms with van der Waals surface area (Å²) in [4.78, 5) is 7.06. The lowest BCUT2D eigenvalue weighted by Crippen LogP contribution is -2.37. The molecule has 2 rings (SSSR count). The predicted octanol–water partition coefficient (Wildman–Crippen LogP) is 1.66. The summed E-state index contributed by atoms with van der Waals surface area (Å²) in [7, 11) is 0. The number of piperidine rings is 1. The molecule has 4 nitrogen and oxygen atoms in total. The lowest BCUT2D eigenvalue weighted by molar-refractivity contribution is 0.0951. The molecule has 90 valence electrons. The molecule has 0 bridgehead atoms. The first-order valence-corrected chi connectivity index (χ1v) is 5.90. The summed E-state index contributed by atoms with van der Waals surface area (Å²) in [5.74, 6) is 5.63. The van der Waals surface area contributed by atoms with E-state index in [2.05, 4.69) is 11.0 Å². The van der Waals surface area contributed by atoms with E-state index in [1.807, 2.05) is 24.3 Å². The normalized spacial score (nSPS) is 20.0. The molecule has 1 aromatic rings. The third kappa shape index (κ3) is 2.96. The summed E-state index contributed by atoms with van der Waals surface area (Å²) < 4.78 is 0. The molecule has 1 atom stereocenters. The summed E-state index contributed by atoms with van der Waals surface area (Å²) in [6, 6.07) is 9.86. The van der Waals surface area contributed by atoms with E-state index in [4.69, 9.17) is 16.0 Å². The van der Waals surface area contributed by atoms with Crippen LogP contribution in [0.3, 0.4) is 0 Å². The van der Waals surface area contributed by atoms with Crippen LogP contribution < -0.4 is 10.8 Å². The second-order valence-electron chi connectivity index (χ2n) is 4.45. The Morgan fingerprint density at radius 3 is 2.82 bits per heavy atom. The van der Waals surface area contributed by atoms with Crippen LogP contribution in [-0.4, -0.2) is 19.7 Å². The minimum Gasteiger partial charge on any atom is -0.371 e. The van der Waals surface area contributed by atoms with Crippen LogP contribution in [0.25, 0.3) is 0 Å². The first-order chi connectivity index (χ1) is 8.33. The Morgan fingerprint density at radius 1 is 1.41 bits per heavy atom. The number of anilines is 1. The highest BCUT2D eigenvalue weighted by atomic mass is 16.6. The van der Waals surface area contributed by atoms with Gasteiger partial charge in [0.15, 0.2) is 0 Å². The third-order valence-corrected chi connectivity index (χ3v) is 3.21. The summed E-state index contributed by atoms with van der Waals surface area (Å²) >= 11 is 0. The lowest BCUT2D eigenvalue weighted by atomic mass is 9.98. The molecule has 1 aliphatic rings. The molecule has 0 amide bonds. The molecular weight excluding hydrogens is 214 g/mol. The fourth-order valence-electron chi connectivity index (χ4n) is 2.32. The van der Waals surface area contributed by atoms with E-state index < -0.39 is 0 Å². The molecule has 0 aliphatic carbocycles. The van der Waals surface area contributed by atoms with Crippen molar-refractivity contribution in [2.75, 3.05) is 24.6 Å². The SMILES string of the molecule is N#Cc1ccc(N2CCCC(CON)C2)cc1. The highest BCUT2D eigenvalue weighted by Gasteiger charge is 2.20. The smallest absolute Gasteiger partial charge is 0.0991 e. The quantitative estimate of drug-likeness (QED) is 0.804. The maximum absolute atomic E-state index is 8.76. The van der Waals surface area contributed by atoms with Crippen molar-refractivity contribution in [1.29, 1.82) is 5.26 Å². The van der Waals surface area contributed by atoms with Crippen molar-refractivity contribution in [3.63, 3.8) is 0 Å². The van der Waals surface area contributed by atoms with E-state index in [0.29, 0.717) is 18.1 Å². The first kappa shape index (κ1) is 11.9. The van der Waals surface area contributed by atoms with E-state index in [1.165, 1.54) is 12.1 Å². The van der Waals surface area contributed by atoms with Gasteiger partial charge in [0.1, 0.15) is 0 Å². The number of nitriles is 1. The molecule has 1 fully saturated rings. The molecular formula is C13H17N3O. The Balaban J connectivity index is 2.03. The summed E-state index contributed by atoms with van der Waals surface area (Å²) in [6.07, 6.45) is 2.33. The van der Waals surface area contributed by atoms with Gasteiger partial charge in [0.05, 0.1) is 18.2 Å². The van der Waals surface area contributed by atoms with Gasteiger partial charge in [-0.15, -0.1) is 0 Å². The zero-order valence-electron chi connectivity index (χ0n) is 9.80. The minimum absolute atomic E-state index is 0.504. The van der Waals surface area contributed by atoms with Gasteiger partial charge in [0.25, 0.3) is 0 Å². The average Bonchev–Trinajstić information content (AvgIpc) is 2.40.